The number of rotatable bonds is 2. The normalized spacial score (nSPS) is 15.7. The average Bonchev–Trinajstić information content (AvgIpc) is 2.96. The first-order valence-electron chi connectivity index (χ1n) is 8.80. The summed E-state index contributed by atoms with van der Waals surface area (Å²) in [6.45, 7) is 0.979. The van der Waals surface area contributed by atoms with Crippen molar-refractivity contribution in [2.75, 3.05) is 25.2 Å². The molecule has 0 unspecified atom stereocenters. The lowest BCUT2D eigenvalue weighted by Gasteiger charge is -2.22. The Hall–Kier alpha value is -2.53. The molecule has 1 aromatic heterocycles. The van der Waals surface area contributed by atoms with Gasteiger partial charge in [-0.15, -0.1) is 0 Å². The van der Waals surface area contributed by atoms with Crippen molar-refractivity contribution in [1.29, 1.82) is 0 Å². The van der Waals surface area contributed by atoms with Crippen molar-refractivity contribution in [2.45, 2.75) is 6.42 Å². The van der Waals surface area contributed by atoms with Crippen LogP contribution in [0.3, 0.4) is 0 Å². The Bertz CT molecular complexity index is 1040. The lowest BCUT2D eigenvalue weighted by Crippen LogP contribution is -2.43. The molecule has 2 aliphatic rings. The van der Waals surface area contributed by atoms with Gasteiger partial charge in [-0.1, -0.05) is 23.7 Å². The molecule has 2 aromatic rings. The van der Waals surface area contributed by atoms with Gasteiger partial charge in [-0.25, -0.2) is 9.78 Å². The summed E-state index contributed by atoms with van der Waals surface area (Å²) in [4.78, 5) is 19.3. The Morgan fingerprint density at radius 2 is 2.24 bits per heavy atom. The molecule has 4 rings (SSSR count). The molecule has 8 nitrogen and oxygen atoms in total. The van der Waals surface area contributed by atoms with Crippen molar-refractivity contribution in [3.8, 4) is 17.0 Å². The van der Waals surface area contributed by atoms with E-state index in [2.05, 4.69) is 11.7 Å². The highest BCUT2D eigenvalue weighted by atomic mass is 127. The second-order valence-corrected chi connectivity index (χ2v) is 7.96. The highest BCUT2D eigenvalue weighted by molar-refractivity contribution is 14.1. The zero-order valence-corrected chi connectivity index (χ0v) is 18.3. The number of anilines is 1. The largest absolute Gasteiger partial charge is 0.490 e. The van der Waals surface area contributed by atoms with Crippen LogP contribution in [0.15, 0.2) is 54.7 Å². The molecule has 0 radical (unpaired) electrons. The molecular formula is C19H17ClIN5O3. The molecule has 0 fully saturated rings. The maximum absolute atomic E-state index is 13.0. The van der Waals surface area contributed by atoms with E-state index < -0.39 is 21.3 Å². The number of carbonyl (C=O) groups excluding carboxylic acids is 1. The summed E-state index contributed by atoms with van der Waals surface area (Å²) in [6, 6.07) is 10.8. The second kappa shape index (κ2) is 8.87. The molecule has 1 N–H and O–H groups in total. The molecule has 3 heterocycles. The van der Waals surface area contributed by atoms with Gasteiger partial charge in [0.15, 0.2) is 11.6 Å². The molecular weight excluding hydrogens is 509 g/mol. The summed E-state index contributed by atoms with van der Waals surface area (Å²) in [5, 5.41) is 3.44. The lowest BCUT2D eigenvalue weighted by molar-refractivity contribution is 0.250. The van der Waals surface area contributed by atoms with Crippen LogP contribution in [0.25, 0.3) is 11.3 Å². The number of amidine groups is 1. The van der Waals surface area contributed by atoms with Gasteiger partial charge < -0.3 is 9.47 Å². The predicted molar refractivity (Wildman–Crippen MR) is 120 cm³/mol. The van der Waals surface area contributed by atoms with Crippen molar-refractivity contribution in [3.05, 3.63) is 53.4 Å². The van der Waals surface area contributed by atoms with Gasteiger partial charge in [0.25, 0.3) is 0 Å². The van der Waals surface area contributed by atoms with Crippen molar-refractivity contribution in [1.82, 2.24) is 10.3 Å². The van der Waals surface area contributed by atoms with Crippen LogP contribution in [-0.4, -0.2) is 37.1 Å². The van der Waals surface area contributed by atoms with E-state index in [0.717, 1.165) is 5.56 Å². The number of ether oxygens (including phenoxy) is 2. The minimum absolute atomic E-state index is 0.330. The Labute approximate surface area is 183 Å². The van der Waals surface area contributed by atoms with Crippen LogP contribution in [0.2, 0.25) is 5.02 Å². The van der Waals surface area contributed by atoms with Gasteiger partial charge in [0.2, 0.25) is 5.88 Å². The van der Waals surface area contributed by atoms with E-state index in [4.69, 9.17) is 26.1 Å². The molecule has 0 bridgehead atoms. The van der Waals surface area contributed by atoms with Crippen LogP contribution in [0.4, 0.5) is 10.6 Å². The van der Waals surface area contributed by atoms with Crippen molar-refractivity contribution >= 4 is 50.6 Å². The van der Waals surface area contributed by atoms with E-state index in [1.807, 2.05) is 30.3 Å². The SMILES string of the molecule is COC1=CC(NC(=O)N2CCCOc3ccc(-c4cccc(Cl)c4)nc32)=NI=N1. The summed E-state index contributed by atoms with van der Waals surface area (Å²) in [7, 11) is 1.54. The van der Waals surface area contributed by atoms with Crippen LogP contribution in [0.1, 0.15) is 6.42 Å². The molecule has 29 heavy (non-hydrogen) atoms. The van der Waals surface area contributed by atoms with E-state index >= 15 is 0 Å². The van der Waals surface area contributed by atoms with E-state index in [9.17, 15) is 4.79 Å². The number of pyridine rings is 1. The van der Waals surface area contributed by atoms with Crippen LogP contribution in [0, 0.1) is 0 Å². The van der Waals surface area contributed by atoms with Crippen LogP contribution >= 0.6 is 32.9 Å². The predicted octanol–water partition coefficient (Wildman–Crippen LogP) is 4.67. The number of aromatic nitrogens is 1. The minimum Gasteiger partial charge on any atom is -0.490 e. The number of benzene rings is 1. The number of fused-ring (bicyclic) bond motifs is 1. The first kappa shape index (κ1) is 19.8. The highest BCUT2D eigenvalue weighted by Gasteiger charge is 2.25. The van der Waals surface area contributed by atoms with Gasteiger partial charge >= 0.3 is 6.03 Å². The molecule has 2 amide bonds. The van der Waals surface area contributed by atoms with Gasteiger partial charge in [0, 0.05) is 23.2 Å². The van der Waals surface area contributed by atoms with Gasteiger partial charge in [0.1, 0.15) is 27.1 Å². The molecule has 0 saturated heterocycles. The maximum atomic E-state index is 13.0. The van der Waals surface area contributed by atoms with Crippen LogP contribution < -0.4 is 15.0 Å². The third-order valence-corrected chi connectivity index (χ3v) is 5.86. The number of halogens is 2. The molecule has 0 atom stereocenters. The number of hydrogen-bond donors (Lipinski definition) is 1. The Morgan fingerprint density at radius 1 is 1.34 bits per heavy atom. The minimum atomic E-state index is -0.787. The first-order chi connectivity index (χ1) is 14.1. The van der Waals surface area contributed by atoms with Crippen LogP contribution in [-0.2, 0) is 4.74 Å². The van der Waals surface area contributed by atoms with E-state index in [-0.39, 0.29) is 6.03 Å². The summed E-state index contributed by atoms with van der Waals surface area (Å²) in [5.74, 6) is 1.92. The Morgan fingerprint density at radius 3 is 3.07 bits per heavy atom. The fourth-order valence-corrected chi connectivity index (χ4v) is 4.19. The number of hydrogen-bond acceptors (Lipinski definition) is 6. The molecule has 0 saturated carbocycles. The number of nitrogens with zero attached hydrogens (tertiary/aromatic N) is 4. The standard InChI is InChI=1S/C19H17ClIN5O3/c1-28-17-11-16(24-21-25-17)23-19(27)26-8-3-9-29-15-7-6-14(22-18(15)26)12-4-2-5-13(20)10-12/h2,4-7,10-11H,3,8-9H2,1H3,(H,23,24,25,27). The van der Waals surface area contributed by atoms with Crippen molar-refractivity contribution in [3.63, 3.8) is 0 Å². The second-order valence-electron chi connectivity index (χ2n) is 6.13. The first-order valence-corrected chi connectivity index (χ1v) is 11.1. The number of nitrogens with one attached hydrogen (secondary N) is 1. The Balaban J connectivity index is 1.65. The monoisotopic (exact) mass is 525 g/mol. The fraction of sp³-hybridized carbons (Fsp3) is 0.211. The topological polar surface area (TPSA) is 88.4 Å². The third kappa shape index (κ3) is 4.56. The number of amides is 2. The highest BCUT2D eigenvalue weighted by Crippen LogP contribution is 2.32. The van der Waals surface area contributed by atoms with E-state index in [1.54, 1.807) is 17.0 Å². The van der Waals surface area contributed by atoms with E-state index in [1.165, 1.54) is 7.11 Å². The van der Waals surface area contributed by atoms with Gasteiger partial charge in [0.05, 0.1) is 19.4 Å². The lowest BCUT2D eigenvalue weighted by atomic mass is 10.1. The molecule has 150 valence electrons. The van der Waals surface area contributed by atoms with Crippen molar-refractivity contribution < 1.29 is 14.3 Å². The quantitative estimate of drug-likeness (QED) is 0.577. The molecule has 0 aliphatic carbocycles. The molecule has 1 aromatic carbocycles. The fourth-order valence-electron chi connectivity index (χ4n) is 2.85. The maximum Gasteiger partial charge on any atom is 0.328 e. The number of methoxy groups -OCH3 is 1. The summed E-state index contributed by atoms with van der Waals surface area (Å²) in [6.07, 6.45) is 2.29. The third-order valence-electron chi connectivity index (χ3n) is 4.20. The van der Waals surface area contributed by atoms with Gasteiger partial charge in [-0.3, -0.25) is 10.2 Å². The summed E-state index contributed by atoms with van der Waals surface area (Å²) >= 11 is 5.33. The zero-order valence-electron chi connectivity index (χ0n) is 15.4. The average molecular weight is 526 g/mol. The van der Waals surface area contributed by atoms with E-state index in [0.29, 0.717) is 53.6 Å². The van der Waals surface area contributed by atoms with Gasteiger partial charge in [-0.2, -0.15) is 6.35 Å². The number of urea groups is 1. The van der Waals surface area contributed by atoms with Gasteiger partial charge in [-0.05, 0) is 30.7 Å². The summed E-state index contributed by atoms with van der Waals surface area (Å²) < 4.78 is 19.4. The smallest absolute Gasteiger partial charge is 0.328 e. The molecule has 10 heteroatoms. The van der Waals surface area contributed by atoms with Crippen LogP contribution in [0.5, 0.6) is 5.75 Å². The molecule has 0 spiro atoms. The number of carbonyl (C=O) groups is 1. The summed E-state index contributed by atoms with van der Waals surface area (Å²) in [5.41, 5.74) is 1.57. The zero-order chi connectivity index (χ0) is 20.2. The Kier molecular flexibility index (Phi) is 6.05. The van der Waals surface area contributed by atoms with Crippen molar-refractivity contribution in [2.24, 2.45) is 6.35 Å². The molecule has 2 aliphatic heterocycles.